The van der Waals surface area contributed by atoms with Crippen molar-refractivity contribution in [3.63, 3.8) is 0 Å². The summed E-state index contributed by atoms with van der Waals surface area (Å²) >= 11 is 2.93. The van der Waals surface area contributed by atoms with Crippen LogP contribution in [-0.2, 0) is 28.5 Å². The van der Waals surface area contributed by atoms with Gasteiger partial charge in [-0.1, -0.05) is 0 Å². The molecule has 3 aliphatic heterocycles. The predicted molar refractivity (Wildman–Crippen MR) is 125 cm³/mol. The fourth-order valence-electron chi connectivity index (χ4n) is 4.71. The third-order valence-corrected chi connectivity index (χ3v) is 8.17. The minimum atomic E-state index is -2.67. The van der Waals surface area contributed by atoms with Crippen molar-refractivity contribution in [2.75, 3.05) is 19.8 Å². The van der Waals surface area contributed by atoms with Crippen LogP contribution in [0, 0.1) is 0 Å². The average molecular weight is 622 g/mol. The molecule has 3 saturated heterocycles. The Morgan fingerprint density at radius 2 is 1.37 bits per heavy atom. The Labute approximate surface area is 225 Å². The van der Waals surface area contributed by atoms with Crippen molar-refractivity contribution in [1.29, 1.82) is 0 Å². The number of carbonyl (C=O) groups excluding carboxylic acids is 1. The highest BCUT2D eigenvalue weighted by atomic mass is 79.9. The zero-order valence-corrected chi connectivity index (χ0v) is 21.9. The number of carbonyl (C=O) groups is 1. The van der Waals surface area contributed by atoms with Crippen LogP contribution in [0.3, 0.4) is 0 Å². The van der Waals surface area contributed by atoms with Crippen LogP contribution in [0.2, 0.25) is 0 Å². The first-order valence-corrected chi connectivity index (χ1v) is 12.5. The topological polar surface area (TPSA) is 303 Å². The van der Waals surface area contributed by atoms with Crippen molar-refractivity contribution < 1.29 is 69.3 Å². The van der Waals surface area contributed by atoms with Crippen LogP contribution in [0.15, 0.2) is 0 Å². The Kier molecular flexibility index (Phi) is 10.3. The smallest absolute Gasteiger partial charge is 0.191 e. The lowest BCUT2D eigenvalue weighted by atomic mass is 9.80. The van der Waals surface area contributed by atoms with E-state index in [0.29, 0.717) is 0 Å². The number of hydrogen-bond donors (Lipinski definition) is 11. The maximum atomic E-state index is 12.1. The van der Waals surface area contributed by atoms with Gasteiger partial charge in [-0.15, -0.1) is 0 Å². The average Bonchev–Trinajstić information content (AvgIpc) is 2.89. The van der Waals surface area contributed by atoms with E-state index < -0.39 is 115 Å². The van der Waals surface area contributed by atoms with E-state index in [-0.39, 0.29) is 0 Å². The maximum Gasteiger partial charge on any atom is 0.191 e. The van der Waals surface area contributed by atoms with Crippen molar-refractivity contribution in [1.82, 2.24) is 0 Å². The third-order valence-electron chi connectivity index (χ3n) is 7.12. The second-order valence-corrected chi connectivity index (χ2v) is 10.8. The molecule has 3 heterocycles. The SMILES string of the molecule is CC(=O)[C@@]1(O)[C@H](O)[C@@H](N)[C@@H](OC2[C@@H](CO)O[C@@H](OC3[C@@H](CO)O[C@@H](O)[C@H](N)[C@H]3O)[C@H](N)[C@H]2O)O[C@@]1(Br)CO. The highest BCUT2D eigenvalue weighted by Crippen LogP contribution is 2.43. The first-order chi connectivity index (χ1) is 17.7. The fourth-order valence-corrected chi connectivity index (χ4v) is 5.40. The molecule has 17 nitrogen and oxygen atoms in total. The lowest BCUT2D eigenvalue weighted by molar-refractivity contribution is -0.356. The standard InChI is InChI=1S/C20H36BrN3O14/c1-5(28)20(33)15(31)10(24)18(38-19(20,21)4-27)37-14-7(3-26)35-17(9(23)12(14)30)36-13-6(2-25)34-16(32)8(22)11(13)29/h6-18,25-27,29-33H,2-4,22-24H2,1H3/t6-,7-,8-,9-,10-,11-,12-,13?,14?,15-,16-,17+,18+,19+,20-/m1/s1. The van der Waals surface area contributed by atoms with E-state index in [0.717, 1.165) is 6.92 Å². The van der Waals surface area contributed by atoms with Crippen LogP contribution < -0.4 is 17.2 Å². The van der Waals surface area contributed by atoms with Crippen LogP contribution in [0.25, 0.3) is 0 Å². The molecule has 0 saturated carbocycles. The fraction of sp³-hybridized carbons (Fsp3) is 0.950. The van der Waals surface area contributed by atoms with Crippen LogP contribution >= 0.6 is 15.9 Å². The molecule has 18 heteroatoms. The highest BCUT2D eigenvalue weighted by Gasteiger charge is 2.66. The molecule has 0 aromatic carbocycles. The quantitative estimate of drug-likeness (QED) is 0.112. The number of nitrogens with two attached hydrogens (primary N) is 3. The molecular formula is C20H36BrN3O14. The summed E-state index contributed by atoms with van der Waals surface area (Å²) in [6.07, 6.45) is -15.4. The molecule has 38 heavy (non-hydrogen) atoms. The Hall–Kier alpha value is -0.490. The molecule has 3 fully saturated rings. The van der Waals surface area contributed by atoms with Gasteiger partial charge in [-0.2, -0.15) is 0 Å². The molecule has 14 N–H and O–H groups in total. The van der Waals surface area contributed by atoms with Gasteiger partial charge in [-0.25, -0.2) is 0 Å². The number of ketones is 1. The first kappa shape index (κ1) is 32.0. The summed E-state index contributed by atoms with van der Waals surface area (Å²) in [5.74, 6) is -0.969. The Bertz CT molecular complexity index is 830. The van der Waals surface area contributed by atoms with E-state index in [2.05, 4.69) is 15.9 Å². The summed E-state index contributed by atoms with van der Waals surface area (Å²) in [5.41, 5.74) is 15.1. The minimum Gasteiger partial charge on any atom is -0.394 e. The van der Waals surface area contributed by atoms with Gasteiger partial charge in [0, 0.05) is 0 Å². The molecule has 0 spiro atoms. The van der Waals surface area contributed by atoms with Gasteiger partial charge in [0.25, 0.3) is 0 Å². The van der Waals surface area contributed by atoms with Gasteiger partial charge >= 0.3 is 0 Å². The summed E-state index contributed by atoms with van der Waals surface area (Å²) in [4.78, 5) is 12.1. The van der Waals surface area contributed by atoms with Gasteiger partial charge in [-0.3, -0.25) is 4.79 Å². The molecule has 0 amide bonds. The molecule has 0 aromatic heterocycles. The summed E-state index contributed by atoms with van der Waals surface area (Å²) in [7, 11) is 0. The Balaban J connectivity index is 1.79. The zero-order chi connectivity index (χ0) is 28.7. The third kappa shape index (κ3) is 5.40. The first-order valence-electron chi connectivity index (χ1n) is 11.7. The lowest BCUT2D eigenvalue weighted by Gasteiger charge is -2.53. The molecular weight excluding hydrogens is 586 g/mol. The van der Waals surface area contributed by atoms with Crippen molar-refractivity contribution in [3.8, 4) is 0 Å². The summed E-state index contributed by atoms with van der Waals surface area (Å²) < 4.78 is 25.4. The van der Waals surface area contributed by atoms with E-state index >= 15 is 0 Å². The maximum absolute atomic E-state index is 12.1. The van der Waals surface area contributed by atoms with Crippen molar-refractivity contribution >= 4 is 21.7 Å². The van der Waals surface area contributed by atoms with Gasteiger partial charge in [0.05, 0.1) is 37.9 Å². The summed E-state index contributed by atoms with van der Waals surface area (Å²) in [6, 6.07) is -4.31. The van der Waals surface area contributed by atoms with Crippen molar-refractivity contribution in [3.05, 3.63) is 0 Å². The van der Waals surface area contributed by atoms with Gasteiger partial charge in [0.1, 0.15) is 42.7 Å². The molecule has 0 aliphatic carbocycles. The van der Waals surface area contributed by atoms with Gasteiger partial charge in [-0.05, 0) is 22.9 Å². The van der Waals surface area contributed by atoms with Gasteiger partial charge < -0.3 is 81.7 Å². The Morgan fingerprint density at radius 1 is 0.868 bits per heavy atom. The molecule has 2 unspecified atom stereocenters. The van der Waals surface area contributed by atoms with Crippen molar-refractivity contribution in [2.45, 2.75) is 96.8 Å². The second-order valence-electron chi connectivity index (χ2n) is 9.53. The molecule has 0 radical (unpaired) electrons. The van der Waals surface area contributed by atoms with E-state index in [1.54, 1.807) is 0 Å². The second kappa shape index (κ2) is 12.2. The normalized spacial score (nSPS) is 52.1. The van der Waals surface area contributed by atoms with Gasteiger partial charge in [0.15, 0.2) is 34.8 Å². The molecule has 15 atom stereocenters. The minimum absolute atomic E-state index is 0.684. The molecule has 3 aliphatic rings. The number of rotatable bonds is 8. The molecule has 0 aromatic rings. The number of hydrogen-bond acceptors (Lipinski definition) is 17. The van der Waals surface area contributed by atoms with Crippen LogP contribution in [0.1, 0.15) is 6.92 Å². The largest absolute Gasteiger partial charge is 0.394 e. The number of halogens is 1. The van der Waals surface area contributed by atoms with Crippen LogP contribution in [0.4, 0.5) is 0 Å². The Morgan fingerprint density at radius 3 is 1.87 bits per heavy atom. The number of Topliss-reactive ketones (excluding diaryl/α,β-unsaturated/α-hetero) is 1. The van der Waals surface area contributed by atoms with E-state index in [9.17, 15) is 45.6 Å². The lowest BCUT2D eigenvalue weighted by Crippen LogP contribution is -2.77. The number of aliphatic hydroxyl groups is 8. The van der Waals surface area contributed by atoms with E-state index in [1.165, 1.54) is 0 Å². The number of alkyl halides is 1. The zero-order valence-electron chi connectivity index (χ0n) is 20.3. The highest BCUT2D eigenvalue weighted by molar-refractivity contribution is 9.10. The van der Waals surface area contributed by atoms with Gasteiger partial charge in [0.2, 0.25) is 0 Å². The summed E-state index contributed by atoms with van der Waals surface area (Å²) in [5, 5.41) is 81.9. The van der Waals surface area contributed by atoms with E-state index in [4.69, 9.17) is 40.9 Å². The van der Waals surface area contributed by atoms with Crippen molar-refractivity contribution in [2.24, 2.45) is 17.2 Å². The number of ether oxygens (including phenoxy) is 5. The molecule has 3 rings (SSSR count). The number of aliphatic hydroxyl groups excluding tert-OH is 7. The molecule has 0 bridgehead atoms. The van der Waals surface area contributed by atoms with Crippen LogP contribution in [-0.4, -0.2) is 156 Å². The molecule has 222 valence electrons. The predicted octanol–water partition coefficient (Wildman–Crippen LogP) is -6.99. The van der Waals surface area contributed by atoms with Crippen LogP contribution in [0.5, 0.6) is 0 Å². The summed E-state index contributed by atoms with van der Waals surface area (Å²) in [6.45, 7) is -1.52. The van der Waals surface area contributed by atoms with E-state index in [1.807, 2.05) is 0 Å². The monoisotopic (exact) mass is 621 g/mol.